The number of carbonyl (C=O) groups is 3. The summed E-state index contributed by atoms with van der Waals surface area (Å²) in [5, 5.41) is 10.4. The first-order valence-corrected chi connectivity index (χ1v) is 10.6. The van der Waals surface area contributed by atoms with E-state index in [0.717, 1.165) is 24.3 Å². The number of hydrogen-bond acceptors (Lipinski definition) is 6. The van der Waals surface area contributed by atoms with Gasteiger partial charge in [-0.05, 0) is 42.9 Å². The summed E-state index contributed by atoms with van der Waals surface area (Å²) in [5.74, 6) is -0.622. The van der Waals surface area contributed by atoms with E-state index in [9.17, 15) is 19.5 Å². The lowest BCUT2D eigenvalue weighted by atomic mass is 9.81. The van der Waals surface area contributed by atoms with Crippen LogP contribution in [0.25, 0.3) is 0 Å². The molecule has 2 saturated heterocycles. The smallest absolute Gasteiger partial charge is 0.258 e. The fraction of sp³-hybridized carbons (Fsp3) is 0.762. The molecule has 8 nitrogen and oxygen atoms in total. The molecular weight excluding hydrogens is 376 g/mol. The van der Waals surface area contributed by atoms with E-state index < -0.39 is 0 Å². The maximum absolute atomic E-state index is 12.5. The van der Waals surface area contributed by atoms with Crippen LogP contribution >= 0.6 is 0 Å². The molecule has 2 aliphatic heterocycles. The molecule has 0 radical (unpaired) electrons. The van der Waals surface area contributed by atoms with Crippen LogP contribution in [0.5, 0.6) is 0 Å². The lowest BCUT2D eigenvalue weighted by Gasteiger charge is -2.38. The van der Waals surface area contributed by atoms with Crippen molar-refractivity contribution in [2.45, 2.75) is 32.6 Å². The molecule has 2 bridgehead atoms. The fourth-order valence-electron chi connectivity index (χ4n) is 5.02. The van der Waals surface area contributed by atoms with E-state index in [1.807, 2.05) is 6.92 Å². The van der Waals surface area contributed by atoms with Gasteiger partial charge in [0.1, 0.15) is 6.61 Å². The van der Waals surface area contributed by atoms with E-state index in [1.54, 1.807) is 4.90 Å². The predicted molar refractivity (Wildman–Crippen MR) is 102 cm³/mol. The zero-order valence-corrected chi connectivity index (χ0v) is 16.9. The second-order valence-corrected chi connectivity index (χ2v) is 9.06. The molecule has 4 aliphatic rings. The van der Waals surface area contributed by atoms with Crippen LogP contribution < -0.4 is 0 Å². The van der Waals surface area contributed by atoms with Gasteiger partial charge >= 0.3 is 0 Å². The zero-order chi connectivity index (χ0) is 20.6. The molecule has 1 N–H and O–H groups in total. The van der Waals surface area contributed by atoms with Gasteiger partial charge in [0.2, 0.25) is 5.91 Å². The van der Waals surface area contributed by atoms with Crippen LogP contribution in [0, 0.1) is 29.1 Å². The van der Waals surface area contributed by atoms with Crippen LogP contribution in [0.1, 0.15) is 32.6 Å². The van der Waals surface area contributed by atoms with Crippen molar-refractivity contribution >= 4 is 17.7 Å². The Balaban J connectivity index is 1.11. The standard InChI is InChI=1S/C21H30N2O6/c1-21(13-24)5-7-22(8-6-21)16(25)12-28-9-2-10-29-23-19(26)17-14-3-4-15(11-14)18(17)20(23)27/h3-4,14-15,17-18,24H,2,5-13H2,1H3. The highest BCUT2D eigenvalue weighted by Crippen LogP contribution is 2.52. The number of imide groups is 1. The number of hydroxylamine groups is 2. The van der Waals surface area contributed by atoms with Crippen LogP contribution in [-0.2, 0) is 24.0 Å². The van der Waals surface area contributed by atoms with Gasteiger partial charge in [0.25, 0.3) is 11.8 Å². The monoisotopic (exact) mass is 406 g/mol. The van der Waals surface area contributed by atoms with Crippen LogP contribution in [0.3, 0.4) is 0 Å². The number of allylic oxidation sites excluding steroid dienone is 2. The Labute approximate surface area is 170 Å². The fourth-order valence-corrected chi connectivity index (χ4v) is 5.02. The van der Waals surface area contributed by atoms with Crippen molar-refractivity contribution in [3.8, 4) is 0 Å². The van der Waals surface area contributed by atoms with Gasteiger partial charge in [-0.15, -0.1) is 0 Å². The number of ether oxygens (including phenoxy) is 1. The summed E-state index contributed by atoms with van der Waals surface area (Å²) in [6.45, 7) is 4.00. The Bertz CT molecular complexity index is 669. The number of aliphatic hydroxyl groups excluding tert-OH is 1. The highest BCUT2D eigenvalue weighted by Gasteiger charge is 2.60. The predicted octanol–water partition coefficient (Wildman–Crippen LogP) is 0.753. The Hall–Kier alpha value is -1.77. The SMILES string of the molecule is CC1(CO)CCN(C(=O)COCCCON2C(=O)C3C4C=CC(C4)C3C2=O)CC1. The molecule has 160 valence electrons. The van der Waals surface area contributed by atoms with Crippen LogP contribution in [0.2, 0.25) is 0 Å². The molecule has 0 spiro atoms. The van der Waals surface area contributed by atoms with E-state index in [1.165, 1.54) is 0 Å². The summed E-state index contributed by atoms with van der Waals surface area (Å²) >= 11 is 0. The van der Waals surface area contributed by atoms with Crippen molar-refractivity contribution in [2.24, 2.45) is 29.1 Å². The molecule has 0 aromatic rings. The normalized spacial score (nSPS) is 32.3. The number of piperidine rings is 1. The molecule has 0 aromatic carbocycles. The summed E-state index contributed by atoms with van der Waals surface area (Å²) in [6.07, 6.45) is 7.09. The molecule has 0 aromatic heterocycles. The minimum absolute atomic E-state index is 0.0105. The van der Waals surface area contributed by atoms with Crippen LogP contribution in [0.4, 0.5) is 0 Å². The highest BCUT2D eigenvalue weighted by molar-refractivity contribution is 6.05. The van der Waals surface area contributed by atoms with Crippen molar-refractivity contribution in [3.63, 3.8) is 0 Å². The molecule has 3 amide bonds. The number of carbonyl (C=O) groups excluding carboxylic acids is 3. The van der Waals surface area contributed by atoms with Gasteiger partial charge < -0.3 is 14.7 Å². The van der Waals surface area contributed by atoms with Gasteiger partial charge in [-0.3, -0.25) is 19.2 Å². The third-order valence-corrected chi connectivity index (χ3v) is 7.01. The van der Waals surface area contributed by atoms with E-state index in [2.05, 4.69) is 12.2 Å². The molecule has 4 atom stereocenters. The zero-order valence-electron chi connectivity index (χ0n) is 16.9. The first-order chi connectivity index (χ1) is 13.9. The van der Waals surface area contributed by atoms with Crippen LogP contribution in [0.15, 0.2) is 12.2 Å². The Morgan fingerprint density at radius 1 is 1.14 bits per heavy atom. The summed E-state index contributed by atoms with van der Waals surface area (Å²) in [6, 6.07) is 0. The third-order valence-electron chi connectivity index (χ3n) is 7.01. The molecule has 4 rings (SSSR count). The van der Waals surface area contributed by atoms with Crippen molar-refractivity contribution in [2.75, 3.05) is 39.5 Å². The maximum atomic E-state index is 12.5. The number of rotatable bonds is 8. The number of amides is 3. The van der Waals surface area contributed by atoms with Crippen molar-refractivity contribution in [3.05, 3.63) is 12.2 Å². The molecule has 2 aliphatic carbocycles. The lowest BCUT2D eigenvalue weighted by Crippen LogP contribution is -2.44. The number of likely N-dealkylation sites (tertiary alicyclic amines) is 1. The summed E-state index contributed by atoms with van der Waals surface area (Å²) in [4.78, 5) is 44.4. The lowest BCUT2D eigenvalue weighted by molar-refractivity contribution is -0.191. The van der Waals surface area contributed by atoms with E-state index in [0.29, 0.717) is 26.1 Å². The highest BCUT2D eigenvalue weighted by atomic mass is 16.7. The first-order valence-electron chi connectivity index (χ1n) is 10.6. The van der Waals surface area contributed by atoms with Crippen molar-refractivity contribution < 1.29 is 29.1 Å². The summed E-state index contributed by atoms with van der Waals surface area (Å²) in [5.41, 5.74) is -0.0898. The van der Waals surface area contributed by atoms with E-state index in [-0.39, 0.29) is 66.6 Å². The molecule has 29 heavy (non-hydrogen) atoms. The molecular formula is C21H30N2O6. The number of aliphatic hydroxyl groups is 1. The Kier molecular flexibility index (Phi) is 5.77. The topological polar surface area (TPSA) is 96.4 Å². The number of hydrogen-bond donors (Lipinski definition) is 1. The minimum atomic E-state index is -0.247. The maximum Gasteiger partial charge on any atom is 0.258 e. The second kappa shape index (κ2) is 8.16. The van der Waals surface area contributed by atoms with Gasteiger partial charge in [-0.2, -0.15) is 5.06 Å². The minimum Gasteiger partial charge on any atom is -0.396 e. The summed E-state index contributed by atoms with van der Waals surface area (Å²) in [7, 11) is 0. The van der Waals surface area contributed by atoms with Gasteiger partial charge in [-0.1, -0.05) is 19.1 Å². The van der Waals surface area contributed by atoms with E-state index >= 15 is 0 Å². The van der Waals surface area contributed by atoms with Gasteiger partial charge in [-0.25, -0.2) is 0 Å². The average molecular weight is 406 g/mol. The van der Waals surface area contributed by atoms with E-state index in [4.69, 9.17) is 9.57 Å². The summed E-state index contributed by atoms with van der Waals surface area (Å²) < 4.78 is 5.45. The Morgan fingerprint density at radius 2 is 1.76 bits per heavy atom. The van der Waals surface area contributed by atoms with Crippen LogP contribution in [-0.4, -0.2) is 72.3 Å². The molecule has 4 unspecified atom stereocenters. The van der Waals surface area contributed by atoms with Crippen molar-refractivity contribution in [1.29, 1.82) is 0 Å². The molecule has 1 saturated carbocycles. The largest absolute Gasteiger partial charge is 0.396 e. The van der Waals surface area contributed by atoms with Gasteiger partial charge in [0.15, 0.2) is 0 Å². The van der Waals surface area contributed by atoms with Crippen molar-refractivity contribution in [1.82, 2.24) is 9.96 Å². The molecule has 8 heteroatoms. The number of nitrogens with zero attached hydrogens (tertiary/aromatic N) is 2. The molecule has 3 fully saturated rings. The number of fused-ring (bicyclic) bond motifs is 5. The van der Waals surface area contributed by atoms with Gasteiger partial charge in [0, 0.05) is 26.3 Å². The van der Waals surface area contributed by atoms with Gasteiger partial charge in [0.05, 0.1) is 18.4 Å². The first kappa shape index (κ1) is 20.5. The third kappa shape index (κ3) is 3.85. The second-order valence-electron chi connectivity index (χ2n) is 9.06. The average Bonchev–Trinajstić information content (AvgIpc) is 3.40. The Morgan fingerprint density at radius 3 is 2.34 bits per heavy atom. The quantitative estimate of drug-likeness (QED) is 0.363. The molecule has 2 heterocycles.